The lowest BCUT2D eigenvalue weighted by atomic mass is 10.1. The Morgan fingerprint density at radius 3 is 2.53 bits per heavy atom. The lowest BCUT2D eigenvalue weighted by Crippen LogP contribution is -1.74. The van der Waals surface area contributed by atoms with Gasteiger partial charge in [0.15, 0.2) is 0 Å². The Balaban J connectivity index is 2.21. The highest BCUT2D eigenvalue weighted by atomic mass is 35.5. The molecule has 1 nitrogen and oxygen atoms in total. The van der Waals surface area contributed by atoms with E-state index in [-0.39, 0.29) is 0 Å². The van der Waals surface area contributed by atoms with Crippen LogP contribution in [-0.4, -0.2) is 5.11 Å². The Labute approximate surface area is 108 Å². The molecule has 0 saturated heterocycles. The summed E-state index contributed by atoms with van der Waals surface area (Å²) in [6.45, 7) is 0. The minimum atomic E-state index is 0.307. The average Bonchev–Trinajstić information content (AvgIpc) is 2.73. The topological polar surface area (TPSA) is 20.2 Å². The fourth-order valence-corrected chi connectivity index (χ4v) is 3.00. The molecule has 3 heteroatoms. The number of aromatic hydroxyl groups is 1. The number of thiophene rings is 1. The highest BCUT2D eigenvalue weighted by Crippen LogP contribution is 2.35. The molecule has 3 rings (SSSR count). The molecular weight excluding hydrogens is 252 g/mol. The Morgan fingerprint density at radius 2 is 1.76 bits per heavy atom. The predicted molar refractivity (Wildman–Crippen MR) is 73.9 cm³/mol. The molecule has 0 atom stereocenters. The number of benzene rings is 2. The number of rotatable bonds is 1. The monoisotopic (exact) mass is 260 g/mol. The van der Waals surface area contributed by atoms with Crippen LogP contribution in [0.15, 0.2) is 47.8 Å². The van der Waals surface area contributed by atoms with E-state index in [1.165, 1.54) is 5.56 Å². The molecule has 2 aromatic carbocycles. The van der Waals surface area contributed by atoms with Crippen LogP contribution in [0.2, 0.25) is 5.02 Å². The van der Waals surface area contributed by atoms with Crippen LogP contribution in [0.3, 0.4) is 0 Å². The van der Waals surface area contributed by atoms with Crippen molar-refractivity contribution in [3.63, 3.8) is 0 Å². The van der Waals surface area contributed by atoms with Crippen molar-refractivity contribution in [2.45, 2.75) is 0 Å². The number of phenols is 1. The van der Waals surface area contributed by atoms with Crippen LogP contribution in [-0.2, 0) is 0 Å². The van der Waals surface area contributed by atoms with Gasteiger partial charge in [0.05, 0.1) is 0 Å². The third-order valence-electron chi connectivity index (χ3n) is 2.71. The van der Waals surface area contributed by atoms with Crippen LogP contribution in [0.5, 0.6) is 5.75 Å². The molecule has 3 aromatic rings. The number of hydrogen-bond acceptors (Lipinski definition) is 2. The van der Waals surface area contributed by atoms with E-state index in [1.54, 1.807) is 23.5 Å². The zero-order chi connectivity index (χ0) is 11.8. The van der Waals surface area contributed by atoms with Crippen LogP contribution in [0.4, 0.5) is 0 Å². The maximum absolute atomic E-state index is 9.44. The van der Waals surface area contributed by atoms with Crippen molar-refractivity contribution in [2.24, 2.45) is 0 Å². The smallest absolute Gasteiger partial charge is 0.117 e. The zero-order valence-corrected chi connectivity index (χ0v) is 10.4. The molecule has 1 heterocycles. The van der Waals surface area contributed by atoms with E-state index in [0.717, 1.165) is 20.7 Å². The van der Waals surface area contributed by atoms with E-state index < -0.39 is 0 Å². The summed E-state index contributed by atoms with van der Waals surface area (Å²) >= 11 is 7.52. The summed E-state index contributed by atoms with van der Waals surface area (Å²) in [6, 6.07) is 13.3. The van der Waals surface area contributed by atoms with Crippen molar-refractivity contribution in [2.75, 3.05) is 0 Å². The molecule has 0 unspecified atom stereocenters. The van der Waals surface area contributed by atoms with Gasteiger partial charge in [0.2, 0.25) is 0 Å². The molecule has 1 aromatic heterocycles. The van der Waals surface area contributed by atoms with E-state index in [0.29, 0.717) is 5.75 Å². The fraction of sp³-hybridized carbons (Fsp3) is 0. The average molecular weight is 261 g/mol. The van der Waals surface area contributed by atoms with Gasteiger partial charge in [-0.1, -0.05) is 23.7 Å². The standard InChI is InChI=1S/C14H9ClOS/c15-10-3-1-9(2-4-10)13-8-17-14-7-11(16)5-6-12(13)14/h1-8,16H. The van der Waals surface area contributed by atoms with Crippen LogP contribution < -0.4 is 0 Å². The molecule has 0 aliphatic rings. The quantitative estimate of drug-likeness (QED) is 0.658. The highest BCUT2D eigenvalue weighted by Gasteiger charge is 2.06. The summed E-state index contributed by atoms with van der Waals surface area (Å²) in [5.74, 6) is 0.307. The van der Waals surface area contributed by atoms with Gasteiger partial charge >= 0.3 is 0 Å². The van der Waals surface area contributed by atoms with E-state index in [9.17, 15) is 5.11 Å². The molecule has 0 saturated carbocycles. The molecule has 0 fully saturated rings. The van der Waals surface area contributed by atoms with Gasteiger partial charge in [0.25, 0.3) is 0 Å². The predicted octanol–water partition coefficient (Wildman–Crippen LogP) is 4.93. The van der Waals surface area contributed by atoms with E-state index in [2.05, 4.69) is 5.38 Å². The second kappa shape index (κ2) is 4.06. The minimum Gasteiger partial charge on any atom is -0.508 e. The Bertz CT molecular complexity index is 670. The molecule has 0 aliphatic heterocycles. The van der Waals surface area contributed by atoms with Gasteiger partial charge in [0.1, 0.15) is 5.75 Å². The maximum atomic E-state index is 9.44. The van der Waals surface area contributed by atoms with Gasteiger partial charge < -0.3 is 5.11 Å². The Hall–Kier alpha value is -1.51. The lowest BCUT2D eigenvalue weighted by molar-refractivity contribution is 0.476. The summed E-state index contributed by atoms with van der Waals surface area (Å²) in [4.78, 5) is 0. The Kier molecular flexibility index (Phi) is 2.54. The summed E-state index contributed by atoms with van der Waals surface area (Å²) in [5.41, 5.74) is 2.33. The van der Waals surface area contributed by atoms with E-state index >= 15 is 0 Å². The van der Waals surface area contributed by atoms with E-state index in [4.69, 9.17) is 11.6 Å². The fourth-order valence-electron chi connectivity index (χ4n) is 1.87. The first kappa shape index (κ1) is 10.6. The highest BCUT2D eigenvalue weighted by molar-refractivity contribution is 7.17. The first-order valence-corrected chi connectivity index (χ1v) is 6.46. The molecule has 0 bridgehead atoms. The maximum Gasteiger partial charge on any atom is 0.117 e. The van der Waals surface area contributed by atoms with Crippen molar-refractivity contribution in [1.29, 1.82) is 0 Å². The zero-order valence-electron chi connectivity index (χ0n) is 8.85. The van der Waals surface area contributed by atoms with Gasteiger partial charge in [-0.25, -0.2) is 0 Å². The number of phenolic OH excluding ortho intramolecular Hbond substituents is 1. The summed E-state index contributed by atoms with van der Waals surface area (Å²) < 4.78 is 1.09. The second-order valence-corrected chi connectivity index (χ2v) is 5.18. The van der Waals surface area contributed by atoms with Crippen molar-refractivity contribution in [3.05, 3.63) is 52.9 Å². The minimum absolute atomic E-state index is 0.307. The summed E-state index contributed by atoms with van der Waals surface area (Å²) in [7, 11) is 0. The largest absolute Gasteiger partial charge is 0.508 e. The normalized spacial score (nSPS) is 10.9. The first-order valence-electron chi connectivity index (χ1n) is 5.20. The summed E-state index contributed by atoms with van der Waals surface area (Å²) in [5, 5.41) is 13.4. The van der Waals surface area contributed by atoms with Crippen molar-refractivity contribution in [1.82, 2.24) is 0 Å². The van der Waals surface area contributed by atoms with Gasteiger partial charge in [-0.2, -0.15) is 0 Å². The molecule has 0 amide bonds. The molecule has 0 spiro atoms. The van der Waals surface area contributed by atoms with Gasteiger partial charge in [0, 0.05) is 20.7 Å². The first-order chi connectivity index (χ1) is 8.24. The molecule has 1 N–H and O–H groups in total. The SMILES string of the molecule is Oc1ccc2c(-c3ccc(Cl)cc3)csc2c1. The number of fused-ring (bicyclic) bond motifs is 1. The molecular formula is C14H9ClOS. The van der Waals surface area contributed by atoms with Crippen LogP contribution in [0.1, 0.15) is 0 Å². The summed E-state index contributed by atoms with van der Waals surface area (Å²) in [6.07, 6.45) is 0. The van der Waals surface area contributed by atoms with Crippen molar-refractivity contribution >= 4 is 33.0 Å². The van der Waals surface area contributed by atoms with E-state index in [1.807, 2.05) is 30.3 Å². The molecule has 17 heavy (non-hydrogen) atoms. The van der Waals surface area contributed by atoms with Gasteiger partial charge in [-0.05, 0) is 41.3 Å². The van der Waals surface area contributed by atoms with Crippen LogP contribution in [0.25, 0.3) is 21.2 Å². The third kappa shape index (κ3) is 1.90. The van der Waals surface area contributed by atoms with Crippen LogP contribution >= 0.6 is 22.9 Å². The number of halogens is 1. The van der Waals surface area contributed by atoms with Crippen molar-refractivity contribution in [3.8, 4) is 16.9 Å². The second-order valence-electron chi connectivity index (χ2n) is 3.84. The van der Waals surface area contributed by atoms with Gasteiger partial charge in [-0.3, -0.25) is 0 Å². The van der Waals surface area contributed by atoms with Gasteiger partial charge in [-0.15, -0.1) is 11.3 Å². The third-order valence-corrected chi connectivity index (χ3v) is 3.91. The molecule has 0 radical (unpaired) electrons. The molecule has 0 aliphatic carbocycles. The number of hydrogen-bond donors (Lipinski definition) is 1. The van der Waals surface area contributed by atoms with Crippen LogP contribution in [0, 0.1) is 0 Å². The Morgan fingerprint density at radius 1 is 1.00 bits per heavy atom. The lowest BCUT2D eigenvalue weighted by Gasteiger charge is -2.00. The van der Waals surface area contributed by atoms with Crippen molar-refractivity contribution < 1.29 is 5.11 Å². The molecule has 84 valence electrons.